The van der Waals surface area contributed by atoms with Crippen LogP contribution in [0.3, 0.4) is 0 Å². The van der Waals surface area contributed by atoms with Crippen LogP contribution in [0.4, 0.5) is 10.1 Å². The summed E-state index contributed by atoms with van der Waals surface area (Å²) in [6.45, 7) is 0. The third-order valence-electron chi connectivity index (χ3n) is 3.73. The monoisotopic (exact) mass is 283 g/mol. The molecule has 0 saturated heterocycles. The molecule has 1 heterocycles. The van der Waals surface area contributed by atoms with Gasteiger partial charge >= 0.3 is 0 Å². The van der Waals surface area contributed by atoms with Gasteiger partial charge in [-0.1, -0.05) is 12.1 Å². The number of benzene rings is 2. The molecule has 2 aromatic rings. The van der Waals surface area contributed by atoms with Crippen molar-refractivity contribution >= 4 is 17.4 Å². The molecular weight excluding hydrogens is 269 g/mol. The lowest BCUT2D eigenvalue weighted by molar-refractivity contribution is -0.117. The molecule has 0 fully saturated rings. The lowest BCUT2D eigenvalue weighted by Crippen LogP contribution is -2.20. The van der Waals surface area contributed by atoms with Crippen molar-refractivity contribution in [2.24, 2.45) is 0 Å². The topological polar surface area (TPSA) is 37.4 Å². The van der Waals surface area contributed by atoms with E-state index >= 15 is 0 Å². The zero-order valence-electron chi connectivity index (χ0n) is 11.6. The number of carbonyl (C=O) groups is 2. The number of fused-ring (bicyclic) bond motifs is 1. The number of likely N-dealkylation sites (N-methyl/N-ethyl adjacent to an activating group) is 1. The molecule has 3 rings (SSSR count). The Labute approximate surface area is 122 Å². The fraction of sp³-hybridized carbons (Fsp3) is 0.176. The molecule has 0 saturated carbocycles. The van der Waals surface area contributed by atoms with Gasteiger partial charge in [-0.05, 0) is 41.5 Å². The first-order valence-corrected chi connectivity index (χ1v) is 6.72. The molecule has 4 heteroatoms. The number of hydrogen-bond acceptors (Lipinski definition) is 2. The summed E-state index contributed by atoms with van der Waals surface area (Å²) >= 11 is 0. The highest BCUT2D eigenvalue weighted by Crippen LogP contribution is 2.28. The van der Waals surface area contributed by atoms with Gasteiger partial charge in [-0.15, -0.1) is 0 Å². The Kier molecular flexibility index (Phi) is 3.29. The van der Waals surface area contributed by atoms with Crippen LogP contribution in [0.2, 0.25) is 0 Å². The zero-order chi connectivity index (χ0) is 15.0. The van der Waals surface area contributed by atoms with Crippen molar-refractivity contribution < 1.29 is 14.0 Å². The van der Waals surface area contributed by atoms with Crippen LogP contribution in [-0.4, -0.2) is 18.7 Å². The maximum Gasteiger partial charge on any atom is 0.231 e. The molecule has 0 aromatic heterocycles. The quantitative estimate of drug-likeness (QED) is 0.812. The Morgan fingerprint density at radius 3 is 2.81 bits per heavy atom. The summed E-state index contributed by atoms with van der Waals surface area (Å²) in [6.07, 6.45) is 0.479. The molecule has 2 aromatic carbocycles. The van der Waals surface area contributed by atoms with E-state index in [4.69, 9.17) is 0 Å². The van der Waals surface area contributed by atoms with Gasteiger partial charge in [0.2, 0.25) is 5.91 Å². The van der Waals surface area contributed by atoms with Crippen molar-refractivity contribution in [2.75, 3.05) is 11.9 Å². The second-order valence-corrected chi connectivity index (χ2v) is 5.20. The van der Waals surface area contributed by atoms with Crippen LogP contribution >= 0.6 is 0 Å². The van der Waals surface area contributed by atoms with Crippen molar-refractivity contribution in [1.29, 1.82) is 0 Å². The van der Waals surface area contributed by atoms with Crippen LogP contribution in [0.1, 0.15) is 21.5 Å². The highest BCUT2D eigenvalue weighted by molar-refractivity contribution is 6.03. The van der Waals surface area contributed by atoms with Gasteiger partial charge in [-0.3, -0.25) is 9.59 Å². The average Bonchev–Trinajstić information content (AvgIpc) is 2.73. The third kappa shape index (κ3) is 2.57. The van der Waals surface area contributed by atoms with Gasteiger partial charge in [-0.25, -0.2) is 4.39 Å². The highest BCUT2D eigenvalue weighted by Gasteiger charge is 2.24. The molecule has 0 unspecified atom stereocenters. The van der Waals surface area contributed by atoms with E-state index in [2.05, 4.69) is 0 Å². The summed E-state index contributed by atoms with van der Waals surface area (Å²) in [5, 5.41) is 0. The minimum Gasteiger partial charge on any atom is -0.315 e. The number of anilines is 1. The predicted octanol–water partition coefficient (Wildman–Crippen LogP) is 2.77. The van der Waals surface area contributed by atoms with Crippen LogP contribution in [0.15, 0.2) is 42.5 Å². The van der Waals surface area contributed by atoms with Crippen molar-refractivity contribution in [3.05, 3.63) is 65.0 Å². The van der Waals surface area contributed by atoms with Gasteiger partial charge in [0.25, 0.3) is 0 Å². The van der Waals surface area contributed by atoms with Crippen LogP contribution in [-0.2, 0) is 17.6 Å². The van der Waals surface area contributed by atoms with E-state index in [1.54, 1.807) is 42.3 Å². The number of amides is 1. The molecule has 3 nitrogen and oxygen atoms in total. The maximum absolute atomic E-state index is 13.1. The Morgan fingerprint density at radius 1 is 1.24 bits per heavy atom. The number of hydrogen-bond donors (Lipinski definition) is 0. The number of nitrogens with zero attached hydrogens (tertiary/aromatic N) is 1. The lowest BCUT2D eigenvalue weighted by Gasteiger charge is -2.10. The molecule has 1 aliphatic heterocycles. The van der Waals surface area contributed by atoms with Crippen molar-refractivity contribution in [3.63, 3.8) is 0 Å². The van der Waals surface area contributed by atoms with E-state index in [1.165, 1.54) is 12.1 Å². The van der Waals surface area contributed by atoms with E-state index in [1.807, 2.05) is 0 Å². The van der Waals surface area contributed by atoms with E-state index in [9.17, 15) is 14.0 Å². The Bertz CT molecular complexity index is 739. The molecule has 0 aliphatic carbocycles. The molecule has 0 radical (unpaired) electrons. The normalized spacial score (nSPS) is 13.4. The number of rotatable bonds is 3. The van der Waals surface area contributed by atoms with E-state index in [0.717, 1.165) is 11.3 Å². The number of halogens is 1. The molecule has 106 valence electrons. The van der Waals surface area contributed by atoms with Gasteiger partial charge in [0.15, 0.2) is 5.78 Å². The Balaban J connectivity index is 1.83. The fourth-order valence-electron chi connectivity index (χ4n) is 2.58. The van der Waals surface area contributed by atoms with Gasteiger partial charge in [0.05, 0.1) is 6.42 Å². The molecule has 1 aliphatic rings. The first-order chi connectivity index (χ1) is 10.0. The summed E-state index contributed by atoms with van der Waals surface area (Å²) in [5.74, 6) is -0.397. The van der Waals surface area contributed by atoms with Crippen molar-refractivity contribution in [3.8, 4) is 0 Å². The lowest BCUT2D eigenvalue weighted by atomic mass is 10.00. The molecule has 0 spiro atoms. The summed E-state index contributed by atoms with van der Waals surface area (Å²) in [5.41, 5.74) is 2.92. The van der Waals surface area contributed by atoms with Gasteiger partial charge in [0, 0.05) is 24.7 Å². The van der Waals surface area contributed by atoms with E-state index in [-0.39, 0.29) is 23.9 Å². The summed E-state index contributed by atoms with van der Waals surface area (Å²) in [6, 6.07) is 11.3. The molecule has 0 N–H and O–H groups in total. The van der Waals surface area contributed by atoms with Crippen LogP contribution < -0.4 is 4.90 Å². The minimum atomic E-state index is -0.346. The largest absolute Gasteiger partial charge is 0.315 e. The van der Waals surface area contributed by atoms with Crippen molar-refractivity contribution in [1.82, 2.24) is 0 Å². The molecule has 0 bridgehead atoms. The first kappa shape index (κ1) is 13.5. The number of ketones is 1. The number of Topliss-reactive ketones (excluding diaryl/α,β-unsaturated/α-hetero) is 1. The highest BCUT2D eigenvalue weighted by atomic mass is 19.1. The predicted molar refractivity (Wildman–Crippen MR) is 78.0 cm³/mol. The second-order valence-electron chi connectivity index (χ2n) is 5.20. The Morgan fingerprint density at radius 2 is 2.05 bits per heavy atom. The van der Waals surface area contributed by atoms with E-state index < -0.39 is 0 Å². The van der Waals surface area contributed by atoms with Gasteiger partial charge in [0.1, 0.15) is 5.82 Å². The van der Waals surface area contributed by atoms with Gasteiger partial charge < -0.3 is 4.90 Å². The minimum absolute atomic E-state index is 0.0275. The SMILES string of the molecule is CN1C(=O)Cc2cc(C(=O)Cc3cccc(F)c3)ccc21. The maximum atomic E-state index is 13.1. The average molecular weight is 283 g/mol. The Hall–Kier alpha value is -2.49. The van der Waals surface area contributed by atoms with Crippen LogP contribution in [0, 0.1) is 5.82 Å². The van der Waals surface area contributed by atoms with E-state index in [0.29, 0.717) is 17.5 Å². The van der Waals surface area contributed by atoms with Gasteiger partial charge in [-0.2, -0.15) is 0 Å². The summed E-state index contributed by atoms with van der Waals surface area (Å²) < 4.78 is 13.1. The smallest absolute Gasteiger partial charge is 0.231 e. The molecule has 0 atom stereocenters. The van der Waals surface area contributed by atoms with Crippen LogP contribution in [0.5, 0.6) is 0 Å². The third-order valence-corrected chi connectivity index (χ3v) is 3.73. The fourth-order valence-corrected chi connectivity index (χ4v) is 2.58. The molecule has 21 heavy (non-hydrogen) atoms. The standard InChI is InChI=1S/C17H14FNO2/c1-19-15-6-5-12(9-13(15)10-17(19)21)16(20)8-11-3-2-4-14(18)7-11/h2-7,9H,8,10H2,1H3. The number of carbonyl (C=O) groups excluding carboxylic acids is 2. The van der Waals surface area contributed by atoms with Crippen LogP contribution in [0.25, 0.3) is 0 Å². The molecular formula is C17H14FNO2. The first-order valence-electron chi connectivity index (χ1n) is 6.72. The second kappa shape index (κ2) is 5.13. The van der Waals surface area contributed by atoms with Crippen molar-refractivity contribution in [2.45, 2.75) is 12.8 Å². The molecule has 1 amide bonds. The summed E-state index contributed by atoms with van der Waals surface area (Å²) in [7, 11) is 1.72. The zero-order valence-corrected chi connectivity index (χ0v) is 11.6. The summed E-state index contributed by atoms with van der Waals surface area (Å²) in [4.78, 5) is 25.5.